The van der Waals surface area contributed by atoms with Crippen LogP contribution in [0.5, 0.6) is 0 Å². The number of carbonyl (C=O) groups is 1. The van der Waals surface area contributed by atoms with E-state index < -0.39 is 22.7 Å². The number of hydrogen-bond acceptors (Lipinski definition) is 4. The molecule has 0 saturated heterocycles. The number of rotatable bonds is 3. The summed E-state index contributed by atoms with van der Waals surface area (Å²) in [5.74, 6) is -0.525. The van der Waals surface area contributed by atoms with Crippen LogP contribution in [0.25, 0.3) is 0 Å². The maximum Gasteiger partial charge on any atom is 0.328 e. The molecule has 0 aromatic carbocycles. The molecule has 7 heteroatoms. The monoisotopic (exact) mass is 302 g/mol. The fraction of sp³-hybridized carbons (Fsp3) is 0.333. The maximum atomic E-state index is 12.4. The Kier molecular flexibility index (Phi) is 4.25. The number of pyridine rings is 1. The first-order chi connectivity index (χ1) is 10.3. The molecule has 0 atom stereocenters. The van der Waals surface area contributed by atoms with Crippen molar-refractivity contribution >= 4 is 5.91 Å². The van der Waals surface area contributed by atoms with E-state index in [0.29, 0.717) is 5.69 Å². The van der Waals surface area contributed by atoms with Crippen molar-refractivity contribution in [3.05, 3.63) is 62.7 Å². The molecule has 2 heterocycles. The van der Waals surface area contributed by atoms with Crippen LogP contribution < -0.4 is 16.6 Å². The Morgan fingerprint density at radius 2 is 2.05 bits per heavy atom. The summed E-state index contributed by atoms with van der Waals surface area (Å²) in [6.07, 6.45) is 2.71. The Morgan fingerprint density at radius 1 is 1.32 bits per heavy atom. The van der Waals surface area contributed by atoms with Gasteiger partial charge < -0.3 is 10.3 Å². The number of nitrogens with one attached hydrogen (secondary N) is 2. The van der Waals surface area contributed by atoms with Gasteiger partial charge in [0.25, 0.3) is 11.5 Å². The smallest absolute Gasteiger partial charge is 0.328 e. The average Bonchev–Trinajstić information content (AvgIpc) is 2.42. The van der Waals surface area contributed by atoms with E-state index in [1.54, 1.807) is 24.4 Å². The molecule has 2 rings (SSSR count). The molecule has 116 valence electrons. The summed E-state index contributed by atoms with van der Waals surface area (Å²) in [4.78, 5) is 42.9. The van der Waals surface area contributed by atoms with E-state index in [9.17, 15) is 14.4 Å². The van der Waals surface area contributed by atoms with Crippen molar-refractivity contribution in [2.24, 2.45) is 0 Å². The van der Waals surface area contributed by atoms with Crippen molar-refractivity contribution in [3.63, 3.8) is 0 Å². The standard InChI is InChI=1S/C15H18N4O3/c1-15(2,3)18-12(20)11-8-17-14(22)19(13(11)21)9-10-6-4-5-7-16-10/h4-8H,9H2,1-3H3,(H,17,22)(H,18,20). The molecule has 1 amide bonds. The third kappa shape index (κ3) is 3.69. The molecule has 2 aromatic heterocycles. The Hall–Kier alpha value is -2.70. The predicted octanol–water partition coefficient (Wildman–Crippen LogP) is 0.508. The van der Waals surface area contributed by atoms with E-state index in [2.05, 4.69) is 15.3 Å². The second-order valence-corrected chi connectivity index (χ2v) is 5.92. The molecule has 0 aliphatic rings. The summed E-state index contributed by atoms with van der Waals surface area (Å²) >= 11 is 0. The van der Waals surface area contributed by atoms with Crippen LogP contribution in [0.1, 0.15) is 36.8 Å². The third-order valence-corrected chi connectivity index (χ3v) is 2.84. The zero-order valence-corrected chi connectivity index (χ0v) is 12.7. The summed E-state index contributed by atoms with van der Waals surface area (Å²) in [7, 11) is 0. The first-order valence-electron chi connectivity index (χ1n) is 6.83. The summed E-state index contributed by atoms with van der Waals surface area (Å²) in [5.41, 5.74) is -1.25. The molecule has 0 unspecified atom stereocenters. The minimum Gasteiger partial charge on any atom is -0.347 e. The van der Waals surface area contributed by atoms with Crippen LogP contribution >= 0.6 is 0 Å². The SMILES string of the molecule is CC(C)(C)NC(=O)c1c[nH]c(=O)n(Cc2ccccn2)c1=O. The van der Waals surface area contributed by atoms with Gasteiger partial charge in [-0.05, 0) is 32.9 Å². The molecule has 2 aromatic rings. The van der Waals surface area contributed by atoms with E-state index in [4.69, 9.17) is 0 Å². The van der Waals surface area contributed by atoms with Gasteiger partial charge in [0.1, 0.15) is 5.56 Å². The van der Waals surface area contributed by atoms with Crippen LogP contribution in [0.15, 0.2) is 40.2 Å². The molecule has 0 fully saturated rings. The van der Waals surface area contributed by atoms with Crippen LogP contribution in [0.4, 0.5) is 0 Å². The van der Waals surface area contributed by atoms with Crippen molar-refractivity contribution in [1.29, 1.82) is 0 Å². The second kappa shape index (κ2) is 5.97. The summed E-state index contributed by atoms with van der Waals surface area (Å²) in [6.45, 7) is 5.43. The molecule has 0 aliphatic carbocycles. The van der Waals surface area contributed by atoms with Crippen LogP contribution in [-0.4, -0.2) is 26.0 Å². The fourth-order valence-corrected chi connectivity index (χ4v) is 1.88. The molecule has 2 N–H and O–H groups in total. The number of hydrogen-bond donors (Lipinski definition) is 2. The molecule has 0 aliphatic heterocycles. The van der Waals surface area contributed by atoms with Crippen molar-refractivity contribution in [2.75, 3.05) is 0 Å². The van der Waals surface area contributed by atoms with Gasteiger partial charge in [-0.15, -0.1) is 0 Å². The highest BCUT2D eigenvalue weighted by Crippen LogP contribution is 2.01. The van der Waals surface area contributed by atoms with Gasteiger partial charge >= 0.3 is 5.69 Å². The fourth-order valence-electron chi connectivity index (χ4n) is 1.88. The van der Waals surface area contributed by atoms with E-state index in [1.165, 1.54) is 0 Å². The zero-order chi connectivity index (χ0) is 16.3. The van der Waals surface area contributed by atoms with Crippen molar-refractivity contribution < 1.29 is 4.79 Å². The highest BCUT2D eigenvalue weighted by molar-refractivity contribution is 5.93. The zero-order valence-electron chi connectivity index (χ0n) is 12.7. The molecule has 7 nitrogen and oxygen atoms in total. The Balaban J connectivity index is 2.40. The third-order valence-electron chi connectivity index (χ3n) is 2.84. The van der Waals surface area contributed by atoms with E-state index in [1.807, 2.05) is 20.8 Å². The normalized spacial score (nSPS) is 11.2. The van der Waals surface area contributed by atoms with Crippen LogP contribution in [0.2, 0.25) is 0 Å². The topological polar surface area (TPSA) is 96.8 Å². The largest absolute Gasteiger partial charge is 0.347 e. The van der Waals surface area contributed by atoms with Crippen LogP contribution in [-0.2, 0) is 6.54 Å². The second-order valence-electron chi connectivity index (χ2n) is 5.92. The summed E-state index contributed by atoms with van der Waals surface area (Å²) < 4.78 is 0.958. The maximum absolute atomic E-state index is 12.4. The lowest BCUT2D eigenvalue weighted by Crippen LogP contribution is -2.45. The first kappa shape index (κ1) is 15.7. The van der Waals surface area contributed by atoms with Crippen LogP contribution in [0.3, 0.4) is 0 Å². The number of aromatic nitrogens is 3. The molecular formula is C15H18N4O3. The lowest BCUT2D eigenvalue weighted by molar-refractivity contribution is 0.0916. The Bertz CT molecular complexity index is 785. The van der Waals surface area contributed by atoms with Crippen molar-refractivity contribution in [1.82, 2.24) is 19.9 Å². The highest BCUT2D eigenvalue weighted by atomic mass is 16.2. The van der Waals surface area contributed by atoms with E-state index in [0.717, 1.165) is 10.8 Å². The average molecular weight is 302 g/mol. The van der Waals surface area contributed by atoms with Crippen molar-refractivity contribution in [3.8, 4) is 0 Å². The number of amides is 1. The Labute approximate surface area is 127 Å². The molecule has 0 radical (unpaired) electrons. The number of carbonyl (C=O) groups excluding carboxylic acids is 1. The minimum absolute atomic E-state index is 0.00560. The predicted molar refractivity (Wildman–Crippen MR) is 81.9 cm³/mol. The van der Waals surface area contributed by atoms with Crippen molar-refractivity contribution in [2.45, 2.75) is 32.9 Å². The van der Waals surface area contributed by atoms with Gasteiger partial charge in [-0.1, -0.05) is 6.07 Å². The van der Waals surface area contributed by atoms with Gasteiger partial charge in [0, 0.05) is 17.9 Å². The number of nitrogens with zero attached hydrogens (tertiary/aromatic N) is 2. The molecule has 0 spiro atoms. The van der Waals surface area contributed by atoms with Gasteiger partial charge in [0.2, 0.25) is 0 Å². The van der Waals surface area contributed by atoms with Gasteiger partial charge in [0.15, 0.2) is 0 Å². The van der Waals surface area contributed by atoms with Gasteiger partial charge in [-0.2, -0.15) is 0 Å². The van der Waals surface area contributed by atoms with E-state index in [-0.39, 0.29) is 12.1 Å². The van der Waals surface area contributed by atoms with Gasteiger partial charge in [-0.25, -0.2) is 4.79 Å². The van der Waals surface area contributed by atoms with E-state index >= 15 is 0 Å². The molecule has 0 bridgehead atoms. The lowest BCUT2D eigenvalue weighted by atomic mass is 10.1. The number of H-pyrrole nitrogens is 1. The summed E-state index contributed by atoms with van der Waals surface area (Å²) in [5, 5.41) is 2.70. The first-order valence-corrected chi connectivity index (χ1v) is 6.83. The van der Waals surface area contributed by atoms with Gasteiger partial charge in [0.05, 0.1) is 12.2 Å². The highest BCUT2D eigenvalue weighted by Gasteiger charge is 2.19. The minimum atomic E-state index is -0.642. The summed E-state index contributed by atoms with van der Waals surface area (Å²) in [6, 6.07) is 5.20. The molecule has 0 saturated carbocycles. The lowest BCUT2D eigenvalue weighted by Gasteiger charge is -2.20. The number of aromatic amines is 1. The quantitative estimate of drug-likeness (QED) is 0.863. The Morgan fingerprint density at radius 3 is 2.64 bits per heavy atom. The molecule has 22 heavy (non-hydrogen) atoms. The van der Waals surface area contributed by atoms with Gasteiger partial charge in [-0.3, -0.25) is 19.1 Å². The van der Waals surface area contributed by atoms with Crippen LogP contribution in [0, 0.1) is 0 Å². The molecular weight excluding hydrogens is 284 g/mol.